The zero-order chi connectivity index (χ0) is 15.0. The molecule has 1 amide bonds. The molecule has 1 fully saturated rings. The van der Waals surface area contributed by atoms with Gasteiger partial charge in [0.05, 0.1) is 0 Å². The zero-order valence-electron chi connectivity index (χ0n) is 12.4. The number of amides is 1. The van der Waals surface area contributed by atoms with Crippen LogP contribution in [0.3, 0.4) is 0 Å². The van der Waals surface area contributed by atoms with E-state index in [2.05, 4.69) is 29.6 Å². The summed E-state index contributed by atoms with van der Waals surface area (Å²) < 4.78 is 5.75. The van der Waals surface area contributed by atoms with E-state index in [1.165, 1.54) is 5.56 Å². The van der Waals surface area contributed by atoms with E-state index in [9.17, 15) is 4.79 Å². The molecule has 0 aromatic heterocycles. The third-order valence-electron chi connectivity index (χ3n) is 4.78. The summed E-state index contributed by atoms with van der Waals surface area (Å²) in [5.41, 5.74) is 2.58. The lowest BCUT2D eigenvalue weighted by Crippen LogP contribution is -2.41. The number of hydrogen-bond donors (Lipinski definition) is 1. The molecule has 2 aromatic carbocycles. The molecule has 1 aliphatic heterocycles. The van der Waals surface area contributed by atoms with Gasteiger partial charge in [-0.05, 0) is 30.0 Å². The molecule has 0 bridgehead atoms. The van der Waals surface area contributed by atoms with Crippen LogP contribution in [0.4, 0.5) is 0 Å². The van der Waals surface area contributed by atoms with Crippen LogP contribution in [-0.4, -0.2) is 18.6 Å². The van der Waals surface area contributed by atoms with Gasteiger partial charge in [0.2, 0.25) is 0 Å². The molecule has 112 valence electrons. The van der Waals surface area contributed by atoms with E-state index in [0.29, 0.717) is 13.0 Å². The Morgan fingerprint density at radius 1 is 1.09 bits per heavy atom. The minimum absolute atomic E-state index is 0.00148. The highest BCUT2D eigenvalue weighted by molar-refractivity contribution is 5.82. The highest BCUT2D eigenvalue weighted by atomic mass is 16.5. The Kier molecular flexibility index (Phi) is 3.14. The van der Waals surface area contributed by atoms with Crippen molar-refractivity contribution in [3.05, 3.63) is 65.7 Å². The number of benzene rings is 2. The van der Waals surface area contributed by atoms with Gasteiger partial charge < -0.3 is 10.1 Å². The predicted octanol–water partition coefficient (Wildman–Crippen LogP) is 2.84. The van der Waals surface area contributed by atoms with Crippen LogP contribution >= 0.6 is 0 Å². The van der Waals surface area contributed by atoms with Crippen LogP contribution in [0.2, 0.25) is 0 Å². The number of nitrogens with one attached hydrogen (secondary N) is 1. The van der Waals surface area contributed by atoms with Crippen molar-refractivity contribution in [1.29, 1.82) is 0 Å². The molecule has 0 unspecified atom stereocenters. The molecule has 3 heteroatoms. The van der Waals surface area contributed by atoms with Gasteiger partial charge in [0.15, 0.2) is 6.10 Å². The Bertz CT molecular complexity index is 667. The summed E-state index contributed by atoms with van der Waals surface area (Å²) in [6.07, 6.45) is 2.57. The molecule has 1 heterocycles. The van der Waals surface area contributed by atoms with Gasteiger partial charge in [0, 0.05) is 18.4 Å². The second-order valence-electron chi connectivity index (χ2n) is 6.28. The van der Waals surface area contributed by atoms with E-state index in [1.54, 1.807) is 0 Å². The van der Waals surface area contributed by atoms with Crippen molar-refractivity contribution in [2.45, 2.75) is 30.8 Å². The summed E-state index contributed by atoms with van der Waals surface area (Å²) in [7, 11) is 0. The summed E-state index contributed by atoms with van der Waals surface area (Å²) >= 11 is 0. The van der Waals surface area contributed by atoms with Gasteiger partial charge in [-0.2, -0.15) is 0 Å². The SMILES string of the molecule is O=C(NCC1(c2ccccc2)CC1)[C@H]1Cc2ccccc2O1. The average Bonchev–Trinajstić information content (AvgIpc) is 3.24. The lowest BCUT2D eigenvalue weighted by molar-refractivity contribution is -0.127. The normalized spacial score (nSPS) is 20.8. The first kappa shape index (κ1) is 13.4. The molecular weight excluding hydrogens is 274 g/mol. The first-order valence-electron chi connectivity index (χ1n) is 7.85. The smallest absolute Gasteiger partial charge is 0.261 e. The lowest BCUT2D eigenvalue weighted by atomic mass is 9.96. The summed E-state index contributed by atoms with van der Waals surface area (Å²) in [6, 6.07) is 18.3. The molecule has 1 aliphatic carbocycles. The first-order chi connectivity index (χ1) is 10.8. The maximum Gasteiger partial charge on any atom is 0.261 e. The number of ether oxygens (including phenoxy) is 1. The fraction of sp³-hybridized carbons (Fsp3) is 0.316. The molecule has 1 N–H and O–H groups in total. The zero-order valence-corrected chi connectivity index (χ0v) is 12.4. The van der Waals surface area contributed by atoms with E-state index in [-0.39, 0.29) is 17.4 Å². The third kappa shape index (κ3) is 2.37. The Hall–Kier alpha value is -2.29. The summed E-state index contributed by atoms with van der Waals surface area (Å²) in [6.45, 7) is 0.700. The fourth-order valence-electron chi connectivity index (χ4n) is 3.21. The van der Waals surface area contributed by atoms with Crippen LogP contribution in [0, 0.1) is 0 Å². The van der Waals surface area contributed by atoms with Crippen LogP contribution in [-0.2, 0) is 16.6 Å². The number of fused-ring (bicyclic) bond motifs is 1. The molecule has 1 saturated carbocycles. The Morgan fingerprint density at radius 2 is 1.82 bits per heavy atom. The molecular formula is C19H19NO2. The van der Waals surface area contributed by atoms with Crippen LogP contribution < -0.4 is 10.1 Å². The van der Waals surface area contributed by atoms with Crippen LogP contribution in [0.1, 0.15) is 24.0 Å². The molecule has 22 heavy (non-hydrogen) atoms. The van der Waals surface area contributed by atoms with Crippen molar-refractivity contribution in [1.82, 2.24) is 5.32 Å². The number of carbonyl (C=O) groups is 1. The van der Waals surface area contributed by atoms with Gasteiger partial charge in [0.1, 0.15) is 5.75 Å². The summed E-state index contributed by atoms with van der Waals surface area (Å²) in [5.74, 6) is 0.838. The van der Waals surface area contributed by atoms with E-state index in [4.69, 9.17) is 4.74 Å². The Balaban J connectivity index is 1.38. The van der Waals surface area contributed by atoms with Crippen LogP contribution in [0.15, 0.2) is 54.6 Å². The molecule has 2 aliphatic rings. The average molecular weight is 293 g/mol. The molecule has 2 aromatic rings. The summed E-state index contributed by atoms with van der Waals surface area (Å²) in [5, 5.41) is 3.10. The topological polar surface area (TPSA) is 38.3 Å². The van der Waals surface area contributed by atoms with E-state index in [1.807, 2.05) is 30.3 Å². The molecule has 0 radical (unpaired) electrons. The highest BCUT2D eigenvalue weighted by Crippen LogP contribution is 2.47. The maximum atomic E-state index is 12.4. The van der Waals surface area contributed by atoms with Crippen molar-refractivity contribution < 1.29 is 9.53 Å². The van der Waals surface area contributed by atoms with Crippen molar-refractivity contribution >= 4 is 5.91 Å². The minimum atomic E-state index is -0.385. The fourth-order valence-corrected chi connectivity index (χ4v) is 3.21. The van der Waals surface area contributed by atoms with Gasteiger partial charge in [-0.1, -0.05) is 48.5 Å². The Labute approximate surface area is 130 Å². The minimum Gasteiger partial charge on any atom is -0.480 e. The molecule has 0 saturated heterocycles. The largest absolute Gasteiger partial charge is 0.480 e. The first-order valence-corrected chi connectivity index (χ1v) is 7.85. The lowest BCUT2D eigenvalue weighted by Gasteiger charge is -2.18. The van der Waals surface area contributed by atoms with Crippen molar-refractivity contribution in [2.24, 2.45) is 0 Å². The predicted molar refractivity (Wildman–Crippen MR) is 84.9 cm³/mol. The van der Waals surface area contributed by atoms with Gasteiger partial charge in [0.25, 0.3) is 5.91 Å². The van der Waals surface area contributed by atoms with Crippen molar-refractivity contribution in [2.75, 3.05) is 6.54 Å². The number of rotatable bonds is 4. The number of carbonyl (C=O) groups excluding carboxylic acids is 1. The second kappa shape index (κ2) is 5.16. The monoisotopic (exact) mass is 293 g/mol. The van der Waals surface area contributed by atoms with E-state index in [0.717, 1.165) is 24.2 Å². The third-order valence-corrected chi connectivity index (χ3v) is 4.78. The standard InChI is InChI=1S/C19H19NO2/c21-18(17-12-14-6-4-5-9-16(14)22-17)20-13-19(10-11-19)15-7-2-1-3-8-15/h1-9,17H,10-13H2,(H,20,21)/t17-/m1/s1. The molecule has 3 nitrogen and oxygen atoms in total. The Morgan fingerprint density at radius 3 is 2.55 bits per heavy atom. The molecule has 1 atom stereocenters. The second-order valence-corrected chi connectivity index (χ2v) is 6.28. The van der Waals surface area contributed by atoms with Gasteiger partial charge in [-0.3, -0.25) is 4.79 Å². The highest BCUT2D eigenvalue weighted by Gasteiger charge is 2.44. The molecule has 4 rings (SSSR count). The number of para-hydroxylation sites is 1. The van der Waals surface area contributed by atoms with Gasteiger partial charge in [-0.25, -0.2) is 0 Å². The van der Waals surface area contributed by atoms with Crippen molar-refractivity contribution in [3.8, 4) is 5.75 Å². The molecule has 0 spiro atoms. The number of hydrogen-bond acceptors (Lipinski definition) is 2. The van der Waals surface area contributed by atoms with Gasteiger partial charge in [-0.15, -0.1) is 0 Å². The van der Waals surface area contributed by atoms with Crippen molar-refractivity contribution in [3.63, 3.8) is 0 Å². The van der Waals surface area contributed by atoms with E-state index >= 15 is 0 Å². The quantitative estimate of drug-likeness (QED) is 0.941. The van der Waals surface area contributed by atoms with Crippen LogP contribution in [0.25, 0.3) is 0 Å². The van der Waals surface area contributed by atoms with Crippen LogP contribution in [0.5, 0.6) is 5.75 Å². The maximum absolute atomic E-state index is 12.4. The van der Waals surface area contributed by atoms with Gasteiger partial charge >= 0.3 is 0 Å². The summed E-state index contributed by atoms with van der Waals surface area (Å²) in [4.78, 5) is 12.4. The van der Waals surface area contributed by atoms with E-state index < -0.39 is 0 Å².